The first-order valence-corrected chi connectivity index (χ1v) is 26.4. The molecule has 62 heavy (non-hydrogen) atoms. The highest BCUT2D eigenvalue weighted by molar-refractivity contribution is 7.47. The van der Waals surface area contributed by atoms with Crippen molar-refractivity contribution >= 4 is 19.7 Å². The minimum atomic E-state index is -4.43. The summed E-state index contributed by atoms with van der Waals surface area (Å²) >= 11 is 0. The molecule has 0 aromatic rings. The fourth-order valence-electron chi connectivity index (χ4n) is 6.68. The van der Waals surface area contributed by atoms with Crippen LogP contribution in [0.25, 0.3) is 0 Å². The number of phosphoric acid groups is 1. The maximum absolute atomic E-state index is 12.1. The molecule has 1 amide bonds. The number of phosphoric ester groups is 1. The number of allylic oxidation sites excluding steroid dienone is 12. The Morgan fingerprint density at radius 2 is 0.919 bits per heavy atom. The minimum absolute atomic E-state index is 0.0645. The Balaban J connectivity index is 3.63. The first-order chi connectivity index (χ1) is 30.3. The molecule has 10 heteroatoms. The van der Waals surface area contributed by atoms with E-state index in [9.17, 15) is 24.2 Å². The Morgan fingerprint density at radius 3 is 1.39 bits per heavy atom. The summed E-state index contributed by atoms with van der Waals surface area (Å²) < 4.78 is 27.0. The number of rotatable bonds is 46. The van der Waals surface area contributed by atoms with E-state index in [0.29, 0.717) is 6.42 Å². The van der Waals surface area contributed by atoms with Gasteiger partial charge in [0.2, 0.25) is 5.91 Å². The predicted molar refractivity (Wildman–Crippen MR) is 261 cm³/mol. The van der Waals surface area contributed by atoms with Gasteiger partial charge in [0.15, 0.2) is 0 Å². The van der Waals surface area contributed by atoms with Crippen LogP contribution >= 0.6 is 7.82 Å². The van der Waals surface area contributed by atoms with E-state index in [-0.39, 0.29) is 32.1 Å². The van der Waals surface area contributed by atoms with Crippen LogP contribution < -0.4 is 5.32 Å². The molecule has 0 aliphatic carbocycles. The quantitative estimate of drug-likeness (QED) is 0.0238. The van der Waals surface area contributed by atoms with Gasteiger partial charge < -0.3 is 20.1 Å². The van der Waals surface area contributed by atoms with E-state index < -0.39 is 26.5 Å². The topological polar surface area (TPSA) is 131 Å². The minimum Gasteiger partial charge on any atom is -0.463 e. The van der Waals surface area contributed by atoms with Crippen LogP contribution in [0.3, 0.4) is 0 Å². The Bertz CT molecular complexity index is 1240. The monoisotopic (exact) mass is 890 g/mol. The molecule has 9 nitrogen and oxygen atoms in total. The highest BCUT2D eigenvalue weighted by atomic mass is 31.2. The second kappa shape index (κ2) is 47.9. The van der Waals surface area contributed by atoms with E-state index >= 15 is 0 Å². The van der Waals surface area contributed by atoms with Crippen LogP contribution in [-0.2, 0) is 27.9 Å². The van der Waals surface area contributed by atoms with Gasteiger partial charge in [-0.15, -0.1) is 0 Å². The summed E-state index contributed by atoms with van der Waals surface area (Å²) in [6.07, 6.45) is 59.8. The molecular formula is C52H92NO8P. The second-order valence-electron chi connectivity index (χ2n) is 16.4. The zero-order valence-electron chi connectivity index (χ0n) is 39.5. The lowest BCUT2D eigenvalue weighted by Gasteiger charge is -2.15. The number of unbranched alkanes of at least 4 members (excludes halogenated alkanes) is 21. The van der Waals surface area contributed by atoms with E-state index in [0.717, 1.165) is 89.9 Å². The van der Waals surface area contributed by atoms with Crippen LogP contribution in [0, 0.1) is 0 Å². The van der Waals surface area contributed by atoms with E-state index in [4.69, 9.17) is 13.8 Å². The van der Waals surface area contributed by atoms with Crippen molar-refractivity contribution in [3.05, 3.63) is 72.9 Å². The average molecular weight is 890 g/mol. The number of aliphatic hydroxyl groups is 1. The lowest BCUT2D eigenvalue weighted by Crippen LogP contribution is -2.27. The number of hydrogen-bond acceptors (Lipinski definition) is 7. The van der Waals surface area contributed by atoms with Gasteiger partial charge in [-0.1, -0.05) is 209 Å². The van der Waals surface area contributed by atoms with E-state index in [2.05, 4.69) is 92.1 Å². The van der Waals surface area contributed by atoms with Gasteiger partial charge in [-0.05, 0) is 64.2 Å². The number of amides is 1. The number of carbonyl (C=O) groups is 2. The molecule has 0 radical (unpaired) electrons. The number of aliphatic hydroxyl groups excluding tert-OH is 1. The molecule has 0 saturated heterocycles. The van der Waals surface area contributed by atoms with Crippen molar-refractivity contribution in [1.82, 2.24) is 5.32 Å². The van der Waals surface area contributed by atoms with Crippen molar-refractivity contribution in [2.45, 2.75) is 219 Å². The fourth-order valence-corrected chi connectivity index (χ4v) is 7.44. The van der Waals surface area contributed by atoms with Crippen LogP contribution in [0.5, 0.6) is 0 Å². The van der Waals surface area contributed by atoms with Gasteiger partial charge in [-0.25, -0.2) is 4.57 Å². The van der Waals surface area contributed by atoms with Crippen molar-refractivity contribution in [2.24, 2.45) is 0 Å². The Hall–Kier alpha value is -2.55. The highest BCUT2D eigenvalue weighted by Crippen LogP contribution is 2.42. The third kappa shape index (κ3) is 48.5. The fraction of sp³-hybridized carbons (Fsp3) is 0.731. The lowest BCUT2D eigenvalue weighted by molar-refractivity contribution is -0.147. The highest BCUT2D eigenvalue weighted by Gasteiger charge is 2.23. The third-order valence-corrected chi connectivity index (χ3v) is 11.4. The SMILES string of the molecule is CC/C=C\C/C=C\C/C=C\C/C=C\C/C=C\C/C=C\CCCCCCC(=O)NCCOP(=O)(O)OCC(O)COC(=O)CCCCCCCCCCCCCCCCCCCC. The molecule has 2 atom stereocenters. The third-order valence-electron chi connectivity index (χ3n) is 10.4. The van der Waals surface area contributed by atoms with Gasteiger partial charge in [0.05, 0.1) is 13.2 Å². The van der Waals surface area contributed by atoms with E-state index in [1.54, 1.807) is 0 Å². The number of nitrogens with one attached hydrogen (secondary N) is 1. The van der Waals surface area contributed by atoms with E-state index in [1.807, 2.05) is 0 Å². The molecule has 0 heterocycles. The van der Waals surface area contributed by atoms with Crippen molar-refractivity contribution in [1.29, 1.82) is 0 Å². The number of ether oxygens (including phenoxy) is 1. The van der Waals surface area contributed by atoms with Crippen molar-refractivity contribution in [3.8, 4) is 0 Å². The molecule has 0 aliphatic heterocycles. The number of carbonyl (C=O) groups excluding carboxylic acids is 2. The Kier molecular flexibility index (Phi) is 45.9. The molecule has 0 aliphatic rings. The number of esters is 1. The van der Waals surface area contributed by atoms with Crippen LogP contribution in [0.2, 0.25) is 0 Å². The summed E-state index contributed by atoms with van der Waals surface area (Å²) in [4.78, 5) is 34.0. The first kappa shape index (κ1) is 59.5. The summed E-state index contributed by atoms with van der Waals surface area (Å²) in [5.41, 5.74) is 0. The molecule has 0 aromatic carbocycles. The summed E-state index contributed by atoms with van der Waals surface area (Å²) in [6, 6.07) is 0. The zero-order valence-corrected chi connectivity index (χ0v) is 40.4. The first-order valence-electron chi connectivity index (χ1n) is 24.9. The van der Waals surface area contributed by atoms with Crippen LogP contribution in [0.4, 0.5) is 0 Å². The van der Waals surface area contributed by atoms with Crippen LogP contribution in [0.15, 0.2) is 72.9 Å². The smallest absolute Gasteiger partial charge is 0.463 e. The molecule has 0 bridgehead atoms. The molecule has 0 rings (SSSR count). The summed E-state index contributed by atoms with van der Waals surface area (Å²) in [7, 11) is -4.43. The van der Waals surface area contributed by atoms with Crippen LogP contribution in [-0.4, -0.2) is 54.3 Å². The summed E-state index contributed by atoms with van der Waals surface area (Å²) in [5, 5.41) is 12.7. The van der Waals surface area contributed by atoms with Crippen molar-refractivity contribution in [2.75, 3.05) is 26.4 Å². The van der Waals surface area contributed by atoms with Gasteiger partial charge in [0.25, 0.3) is 0 Å². The lowest BCUT2D eigenvalue weighted by atomic mass is 10.0. The van der Waals surface area contributed by atoms with Crippen LogP contribution in [0.1, 0.15) is 213 Å². The van der Waals surface area contributed by atoms with Crippen molar-refractivity contribution < 1.29 is 37.9 Å². The van der Waals surface area contributed by atoms with Crippen molar-refractivity contribution in [3.63, 3.8) is 0 Å². The number of hydrogen-bond donors (Lipinski definition) is 3. The molecule has 0 spiro atoms. The standard InChI is InChI=1S/C52H92NO8P/c1-3-5-7-9-11-13-15-17-19-21-23-24-25-26-27-28-30-32-34-36-38-40-42-44-51(55)53-46-47-60-62(57,58)61-49-50(54)48-59-52(56)45-43-41-39-37-35-33-31-29-22-20-18-16-14-12-10-8-6-4-2/h5,7,11,13,17,19,23-24,26-27,30,32,50,54H,3-4,6,8-10,12,14-16,18,20-22,25,28-29,31,33-49H2,1-2H3,(H,53,55)(H,57,58)/b7-5-,13-11-,19-17-,24-23-,27-26-,32-30-. The summed E-state index contributed by atoms with van der Waals surface area (Å²) in [6.45, 7) is 3.43. The zero-order chi connectivity index (χ0) is 45.3. The molecule has 3 N–H and O–H groups in total. The Labute approximate surface area is 380 Å². The van der Waals surface area contributed by atoms with Gasteiger partial charge in [-0.2, -0.15) is 0 Å². The molecule has 0 aromatic heterocycles. The van der Waals surface area contributed by atoms with E-state index in [1.165, 1.54) is 96.3 Å². The molecule has 358 valence electrons. The van der Waals surface area contributed by atoms with Gasteiger partial charge in [-0.3, -0.25) is 18.6 Å². The molecular weight excluding hydrogens is 798 g/mol. The average Bonchev–Trinajstić information content (AvgIpc) is 3.26. The van der Waals surface area contributed by atoms with Gasteiger partial charge in [0.1, 0.15) is 12.7 Å². The van der Waals surface area contributed by atoms with Gasteiger partial charge in [0, 0.05) is 19.4 Å². The predicted octanol–water partition coefficient (Wildman–Crippen LogP) is 14.6. The Morgan fingerprint density at radius 1 is 0.516 bits per heavy atom. The largest absolute Gasteiger partial charge is 0.472 e. The molecule has 0 saturated carbocycles. The maximum Gasteiger partial charge on any atom is 0.472 e. The maximum atomic E-state index is 12.1. The van der Waals surface area contributed by atoms with Gasteiger partial charge >= 0.3 is 13.8 Å². The second-order valence-corrected chi connectivity index (χ2v) is 17.9. The summed E-state index contributed by atoms with van der Waals surface area (Å²) in [5.74, 6) is -0.540. The molecule has 2 unspecified atom stereocenters. The molecule has 0 fully saturated rings. The normalized spacial score (nSPS) is 13.8.